The van der Waals surface area contributed by atoms with Crippen molar-refractivity contribution in [2.75, 3.05) is 12.0 Å². The summed E-state index contributed by atoms with van der Waals surface area (Å²) in [6.07, 6.45) is 0. The molecule has 1 N–H and O–H groups in total. The van der Waals surface area contributed by atoms with Crippen molar-refractivity contribution in [1.82, 2.24) is 4.98 Å². The molecule has 0 saturated heterocycles. The minimum absolute atomic E-state index is 0.0397. The first-order valence-electron chi connectivity index (χ1n) is 12.3. The molecule has 6 aromatic rings. The number of oxazole rings is 1. The lowest BCUT2D eigenvalue weighted by molar-refractivity contribution is 0.0696. The third-order valence-electron chi connectivity index (χ3n) is 6.90. The second kappa shape index (κ2) is 8.89. The SMILES string of the molecule is COc1ccc(N2C(=O)c3ccc(C(=O)O)cc3C2=O)cc1-c1nc2cc(-c3cc4ccccc4s3)ccc2o1. The Kier molecular flexibility index (Phi) is 5.29. The number of carboxylic acid groups (broad SMARTS) is 1. The number of hydrogen-bond acceptors (Lipinski definition) is 7. The number of imide groups is 1. The van der Waals surface area contributed by atoms with E-state index in [-0.39, 0.29) is 28.3 Å². The Morgan fingerprint density at radius 2 is 1.73 bits per heavy atom. The number of aromatic carboxylic acids is 1. The summed E-state index contributed by atoms with van der Waals surface area (Å²) < 4.78 is 12.8. The molecule has 7 rings (SSSR count). The van der Waals surface area contributed by atoms with Crippen LogP contribution in [0.15, 0.2) is 89.3 Å². The molecule has 0 radical (unpaired) electrons. The summed E-state index contributed by atoms with van der Waals surface area (Å²) in [6, 6.07) is 24.9. The minimum Gasteiger partial charge on any atom is -0.496 e. The predicted molar refractivity (Wildman–Crippen MR) is 151 cm³/mol. The maximum absolute atomic E-state index is 13.2. The average molecular weight is 547 g/mol. The number of rotatable bonds is 5. The molecule has 0 atom stereocenters. The summed E-state index contributed by atoms with van der Waals surface area (Å²) in [5.41, 5.74) is 3.10. The third-order valence-corrected chi connectivity index (χ3v) is 8.07. The summed E-state index contributed by atoms with van der Waals surface area (Å²) in [4.78, 5) is 44.6. The zero-order chi connectivity index (χ0) is 27.5. The monoisotopic (exact) mass is 546 g/mol. The van der Waals surface area contributed by atoms with Crippen molar-refractivity contribution in [3.8, 4) is 27.6 Å². The summed E-state index contributed by atoms with van der Waals surface area (Å²) in [5.74, 6) is -1.61. The zero-order valence-corrected chi connectivity index (χ0v) is 21.7. The molecule has 1 aliphatic rings. The standard InChI is InChI=1S/C31H18N2O6S/c1-38-24-11-8-19(33-29(34)20-9-6-18(31(36)37)12-21(20)30(33)35)15-22(24)28-32-23-13-17(7-10-25(23)39-28)27-14-16-4-2-3-5-26(16)40-27/h2-15H,1H3,(H,36,37). The van der Waals surface area contributed by atoms with Crippen LogP contribution in [0.3, 0.4) is 0 Å². The number of thiophene rings is 1. The van der Waals surface area contributed by atoms with Crippen LogP contribution < -0.4 is 9.64 Å². The molecule has 0 bridgehead atoms. The molecule has 8 nitrogen and oxygen atoms in total. The van der Waals surface area contributed by atoms with Gasteiger partial charge in [-0.1, -0.05) is 18.2 Å². The van der Waals surface area contributed by atoms with E-state index in [4.69, 9.17) is 14.1 Å². The molecule has 0 aliphatic carbocycles. The van der Waals surface area contributed by atoms with Gasteiger partial charge in [0.2, 0.25) is 5.89 Å². The van der Waals surface area contributed by atoms with Gasteiger partial charge in [0.1, 0.15) is 11.3 Å². The van der Waals surface area contributed by atoms with Crippen molar-refractivity contribution >= 4 is 56.0 Å². The van der Waals surface area contributed by atoms with E-state index in [0.29, 0.717) is 22.4 Å². The summed E-state index contributed by atoms with van der Waals surface area (Å²) in [7, 11) is 1.51. The normalized spacial score (nSPS) is 12.9. The fourth-order valence-corrected chi connectivity index (χ4v) is 5.99. The van der Waals surface area contributed by atoms with Crippen LogP contribution in [-0.4, -0.2) is 35.0 Å². The molecule has 9 heteroatoms. The number of carboxylic acids is 1. The molecule has 4 aromatic carbocycles. The van der Waals surface area contributed by atoms with Gasteiger partial charge in [-0.05, 0) is 77.7 Å². The number of fused-ring (bicyclic) bond motifs is 3. The predicted octanol–water partition coefficient (Wildman–Crippen LogP) is 6.88. The van der Waals surface area contributed by atoms with E-state index in [9.17, 15) is 19.5 Å². The van der Waals surface area contributed by atoms with Crippen LogP contribution in [0.5, 0.6) is 5.75 Å². The smallest absolute Gasteiger partial charge is 0.335 e. The highest BCUT2D eigenvalue weighted by Gasteiger charge is 2.37. The van der Waals surface area contributed by atoms with Gasteiger partial charge in [-0.15, -0.1) is 11.3 Å². The Morgan fingerprint density at radius 1 is 0.900 bits per heavy atom. The minimum atomic E-state index is -1.18. The number of anilines is 1. The molecule has 2 amide bonds. The maximum Gasteiger partial charge on any atom is 0.335 e. The van der Waals surface area contributed by atoms with Crippen LogP contribution in [0.2, 0.25) is 0 Å². The van der Waals surface area contributed by atoms with Crippen LogP contribution in [0.4, 0.5) is 5.69 Å². The lowest BCUT2D eigenvalue weighted by Gasteiger charge is -2.16. The Labute approximate surface area is 230 Å². The Morgan fingerprint density at radius 3 is 2.52 bits per heavy atom. The zero-order valence-electron chi connectivity index (χ0n) is 20.9. The second-order valence-corrected chi connectivity index (χ2v) is 10.3. The number of carbonyl (C=O) groups excluding carboxylic acids is 2. The molecule has 0 fully saturated rings. The number of benzene rings is 4. The first-order chi connectivity index (χ1) is 19.4. The van der Waals surface area contributed by atoms with Crippen LogP contribution in [-0.2, 0) is 0 Å². The largest absolute Gasteiger partial charge is 0.496 e. The molecular formula is C31H18N2O6S. The van der Waals surface area contributed by atoms with Crippen LogP contribution >= 0.6 is 11.3 Å². The summed E-state index contributed by atoms with van der Waals surface area (Å²) >= 11 is 1.70. The van der Waals surface area contributed by atoms with Gasteiger partial charge in [-0.25, -0.2) is 14.7 Å². The highest BCUT2D eigenvalue weighted by atomic mass is 32.1. The second-order valence-electron chi connectivity index (χ2n) is 9.25. The number of hydrogen-bond donors (Lipinski definition) is 1. The van der Waals surface area contributed by atoms with E-state index >= 15 is 0 Å². The lowest BCUT2D eigenvalue weighted by Crippen LogP contribution is -2.29. The molecule has 2 aromatic heterocycles. The number of methoxy groups -OCH3 is 1. The Hall–Kier alpha value is -5.28. The van der Waals surface area contributed by atoms with Gasteiger partial charge < -0.3 is 14.3 Å². The summed E-state index contributed by atoms with van der Waals surface area (Å²) in [5, 5.41) is 10.5. The van der Waals surface area contributed by atoms with Gasteiger partial charge in [0, 0.05) is 9.58 Å². The number of carbonyl (C=O) groups is 3. The molecule has 1 aliphatic heterocycles. The first-order valence-corrected chi connectivity index (χ1v) is 13.1. The number of amides is 2. The molecule has 0 spiro atoms. The van der Waals surface area contributed by atoms with Gasteiger partial charge in [-0.3, -0.25) is 9.59 Å². The van der Waals surface area contributed by atoms with E-state index in [1.807, 2.05) is 30.3 Å². The number of aromatic nitrogens is 1. The fraction of sp³-hybridized carbons (Fsp3) is 0.0323. The van der Waals surface area contributed by atoms with Crippen molar-refractivity contribution < 1.29 is 28.6 Å². The maximum atomic E-state index is 13.2. The first kappa shape index (κ1) is 23.8. The highest BCUT2D eigenvalue weighted by Crippen LogP contribution is 2.39. The van der Waals surface area contributed by atoms with Crippen LogP contribution in [0.25, 0.3) is 43.1 Å². The van der Waals surface area contributed by atoms with E-state index in [1.165, 1.54) is 35.4 Å². The van der Waals surface area contributed by atoms with Gasteiger partial charge in [0.05, 0.1) is 35.1 Å². The molecule has 194 valence electrons. The molecule has 40 heavy (non-hydrogen) atoms. The van der Waals surface area contributed by atoms with Gasteiger partial charge in [0.15, 0.2) is 5.58 Å². The van der Waals surface area contributed by atoms with Gasteiger partial charge in [0.25, 0.3) is 11.8 Å². The van der Waals surface area contributed by atoms with Crippen LogP contribution in [0, 0.1) is 0 Å². The van der Waals surface area contributed by atoms with Crippen molar-refractivity contribution in [1.29, 1.82) is 0 Å². The average Bonchev–Trinajstić information content (AvgIpc) is 3.66. The van der Waals surface area contributed by atoms with E-state index in [2.05, 4.69) is 18.2 Å². The van der Waals surface area contributed by atoms with Crippen molar-refractivity contribution in [3.63, 3.8) is 0 Å². The lowest BCUT2D eigenvalue weighted by atomic mass is 10.1. The highest BCUT2D eigenvalue weighted by molar-refractivity contribution is 7.22. The molecule has 0 unspecified atom stereocenters. The Balaban J connectivity index is 1.28. The van der Waals surface area contributed by atoms with Crippen molar-refractivity contribution in [3.05, 3.63) is 102 Å². The Bertz CT molecular complexity index is 2010. The molecule has 0 saturated carbocycles. The third kappa shape index (κ3) is 3.67. The van der Waals surface area contributed by atoms with Gasteiger partial charge >= 0.3 is 5.97 Å². The molecular weight excluding hydrogens is 528 g/mol. The van der Waals surface area contributed by atoms with E-state index in [0.717, 1.165) is 15.3 Å². The molecule has 3 heterocycles. The van der Waals surface area contributed by atoms with Gasteiger partial charge in [-0.2, -0.15) is 0 Å². The number of nitrogens with zero attached hydrogens (tertiary/aromatic N) is 2. The summed E-state index contributed by atoms with van der Waals surface area (Å²) in [6.45, 7) is 0. The topological polar surface area (TPSA) is 110 Å². The van der Waals surface area contributed by atoms with Crippen molar-refractivity contribution in [2.45, 2.75) is 0 Å². The van der Waals surface area contributed by atoms with E-state index < -0.39 is 17.8 Å². The number of ether oxygens (including phenoxy) is 1. The van der Waals surface area contributed by atoms with Crippen molar-refractivity contribution in [2.24, 2.45) is 0 Å². The quantitative estimate of drug-likeness (QED) is 0.235. The fourth-order valence-electron chi connectivity index (χ4n) is 4.93. The van der Waals surface area contributed by atoms with E-state index in [1.54, 1.807) is 29.5 Å². The van der Waals surface area contributed by atoms with Crippen LogP contribution in [0.1, 0.15) is 31.1 Å².